The average Bonchev–Trinajstić information content (AvgIpc) is 2.17. The second-order valence-corrected chi connectivity index (χ2v) is 2.62. The Hall–Kier alpha value is -0.0800. The van der Waals surface area contributed by atoms with E-state index in [1.165, 1.54) is 0 Å². The molecule has 0 aromatic rings. The molecule has 0 spiro atoms. The first kappa shape index (κ1) is 6.05. The molecule has 1 rings (SSSR count). The molecule has 0 unspecified atom stereocenters. The van der Waals surface area contributed by atoms with Gasteiger partial charge < -0.3 is 9.84 Å². The summed E-state index contributed by atoms with van der Waals surface area (Å²) in [5.41, 5.74) is -0.236. The van der Waals surface area contributed by atoms with E-state index < -0.39 is 0 Å². The minimum Gasteiger partial charge on any atom is -0.390 e. The smallest absolute Gasteiger partial charge is 0.117 e. The zero-order valence-corrected chi connectivity index (χ0v) is 5.51. The first-order chi connectivity index (χ1) is 3.57. The number of aliphatic hydroxyl groups is 1. The largest absolute Gasteiger partial charge is 0.390 e. The van der Waals surface area contributed by atoms with Crippen LogP contribution in [0.1, 0.15) is 20.8 Å². The Bertz CT molecular complexity index is 101. The predicted molar refractivity (Wildman–Crippen MR) is 30.6 cm³/mol. The van der Waals surface area contributed by atoms with Gasteiger partial charge in [-0.2, -0.15) is 0 Å². The SMILES string of the molecule is C[C@@H](O)[C@@]1(C)O[C@@H]1C. The zero-order valence-electron chi connectivity index (χ0n) is 5.51. The highest BCUT2D eigenvalue weighted by molar-refractivity contribution is 4.99. The summed E-state index contributed by atoms with van der Waals surface area (Å²) in [5.74, 6) is 0. The van der Waals surface area contributed by atoms with Crippen LogP contribution in [0.3, 0.4) is 0 Å². The van der Waals surface area contributed by atoms with Crippen LogP contribution in [0, 0.1) is 0 Å². The van der Waals surface area contributed by atoms with Crippen molar-refractivity contribution in [1.82, 2.24) is 0 Å². The van der Waals surface area contributed by atoms with Crippen LogP contribution in [0.2, 0.25) is 0 Å². The van der Waals surface area contributed by atoms with Crippen molar-refractivity contribution in [3.63, 3.8) is 0 Å². The molecule has 1 saturated heterocycles. The predicted octanol–water partition coefficient (Wildman–Crippen LogP) is 0.545. The molecule has 48 valence electrons. The highest BCUT2D eigenvalue weighted by Gasteiger charge is 2.52. The van der Waals surface area contributed by atoms with Gasteiger partial charge in [0.25, 0.3) is 0 Å². The zero-order chi connectivity index (χ0) is 6.36. The number of ether oxygens (including phenoxy) is 1. The van der Waals surface area contributed by atoms with Crippen molar-refractivity contribution in [3.05, 3.63) is 0 Å². The molecule has 1 aliphatic rings. The molecule has 0 bridgehead atoms. The minimum absolute atomic E-state index is 0.236. The van der Waals surface area contributed by atoms with Gasteiger partial charge in [-0.15, -0.1) is 0 Å². The lowest BCUT2D eigenvalue weighted by molar-refractivity contribution is 0.101. The fourth-order valence-electron chi connectivity index (χ4n) is 0.785. The maximum atomic E-state index is 9.00. The summed E-state index contributed by atoms with van der Waals surface area (Å²) < 4.78 is 5.12. The van der Waals surface area contributed by atoms with Crippen LogP contribution in [-0.2, 0) is 4.74 Å². The van der Waals surface area contributed by atoms with Crippen LogP contribution in [0.4, 0.5) is 0 Å². The van der Waals surface area contributed by atoms with Crippen LogP contribution in [-0.4, -0.2) is 22.9 Å². The number of hydrogen-bond donors (Lipinski definition) is 1. The lowest BCUT2D eigenvalue weighted by atomic mass is 10.0. The van der Waals surface area contributed by atoms with Gasteiger partial charge in [0, 0.05) is 0 Å². The van der Waals surface area contributed by atoms with Gasteiger partial charge in [-0.25, -0.2) is 0 Å². The van der Waals surface area contributed by atoms with E-state index in [-0.39, 0.29) is 17.8 Å². The van der Waals surface area contributed by atoms with E-state index in [0.29, 0.717) is 0 Å². The Morgan fingerprint density at radius 1 is 1.75 bits per heavy atom. The van der Waals surface area contributed by atoms with Gasteiger partial charge >= 0.3 is 0 Å². The van der Waals surface area contributed by atoms with Gasteiger partial charge in [-0.05, 0) is 20.8 Å². The van der Waals surface area contributed by atoms with E-state index in [0.717, 1.165) is 0 Å². The molecule has 1 heterocycles. The van der Waals surface area contributed by atoms with Crippen LogP contribution < -0.4 is 0 Å². The van der Waals surface area contributed by atoms with E-state index in [1.54, 1.807) is 6.92 Å². The fraction of sp³-hybridized carbons (Fsp3) is 1.00. The van der Waals surface area contributed by atoms with Crippen molar-refractivity contribution in [2.45, 2.75) is 38.6 Å². The summed E-state index contributed by atoms with van der Waals surface area (Å²) in [4.78, 5) is 0. The first-order valence-electron chi connectivity index (χ1n) is 2.93. The molecule has 0 radical (unpaired) electrons. The molecule has 0 aliphatic carbocycles. The Balaban J connectivity index is 2.47. The summed E-state index contributed by atoms with van der Waals surface area (Å²) in [7, 11) is 0. The molecule has 0 aromatic carbocycles. The molecule has 1 N–H and O–H groups in total. The highest BCUT2D eigenvalue weighted by Crippen LogP contribution is 2.38. The molecular formula is C6H12O2. The molecule has 2 heteroatoms. The molecule has 8 heavy (non-hydrogen) atoms. The fourth-order valence-corrected chi connectivity index (χ4v) is 0.785. The average molecular weight is 116 g/mol. The second kappa shape index (κ2) is 1.45. The van der Waals surface area contributed by atoms with Crippen molar-refractivity contribution >= 4 is 0 Å². The number of rotatable bonds is 1. The lowest BCUT2D eigenvalue weighted by Crippen LogP contribution is -2.24. The van der Waals surface area contributed by atoms with Crippen molar-refractivity contribution in [2.24, 2.45) is 0 Å². The van der Waals surface area contributed by atoms with Crippen LogP contribution in [0.25, 0.3) is 0 Å². The number of hydrogen-bond acceptors (Lipinski definition) is 2. The van der Waals surface area contributed by atoms with Gasteiger partial charge in [0.1, 0.15) is 5.60 Å². The summed E-state index contributed by atoms with van der Waals surface area (Å²) in [6, 6.07) is 0. The summed E-state index contributed by atoms with van der Waals surface area (Å²) in [6.07, 6.45) is -0.0972. The second-order valence-electron chi connectivity index (χ2n) is 2.62. The number of aliphatic hydroxyl groups excluding tert-OH is 1. The molecule has 0 amide bonds. The van der Waals surface area contributed by atoms with E-state index in [1.807, 2.05) is 13.8 Å². The summed E-state index contributed by atoms with van der Waals surface area (Å²) >= 11 is 0. The van der Waals surface area contributed by atoms with E-state index in [4.69, 9.17) is 9.84 Å². The Morgan fingerprint density at radius 2 is 2.12 bits per heavy atom. The van der Waals surface area contributed by atoms with Crippen molar-refractivity contribution < 1.29 is 9.84 Å². The monoisotopic (exact) mass is 116 g/mol. The molecule has 0 saturated carbocycles. The van der Waals surface area contributed by atoms with E-state index in [2.05, 4.69) is 0 Å². The molecule has 3 atom stereocenters. The lowest BCUT2D eigenvalue weighted by Gasteiger charge is -2.06. The number of epoxide rings is 1. The van der Waals surface area contributed by atoms with Gasteiger partial charge in [-0.1, -0.05) is 0 Å². The molecule has 1 aliphatic heterocycles. The third kappa shape index (κ3) is 0.644. The third-order valence-electron chi connectivity index (χ3n) is 2.01. The molecule has 1 fully saturated rings. The van der Waals surface area contributed by atoms with Crippen molar-refractivity contribution in [2.75, 3.05) is 0 Å². The van der Waals surface area contributed by atoms with Gasteiger partial charge in [0.15, 0.2) is 0 Å². The summed E-state index contributed by atoms with van der Waals surface area (Å²) in [5, 5.41) is 9.00. The molecule has 2 nitrogen and oxygen atoms in total. The van der Waals surface area contributed by atoms with Gasteiger partial charge in [0.05, 0.1) is 12.2 Å². The standard InChI is InChI=1S/C6H12O2/c1-4(7)6(3)5(2)8-6/h4-5,7H,1-3H3/t4-,5-,6-/m1/s1. The Morgan fingerprint density at radius 3 is 2.12 bits per heavy atom. The van der Waals surface area contributed by atoms with E-state index in [9.17, 15) is 0 Å². The Labute approximate surface area is 49.5 Å². The quantitative estimate of drug-likeness (QED) is 0.507. The maximum absolute atomic E-state index is 9.00. The normalized spacial score (nSPS) is 48.8. The highest BCUT2D eigenvalue weighted by atomic mass is 16.6. The topological polar surface area (TPSA) is 32.8 Å². The maximum Gasteiger partial charge on any atom is 0.117 e. The van der Waals surface area contributed by atoms with Crippen LogP contribution >= 0.6 is 0 Å². The van der Waals surface area contributed by atoms with E-state index >= 15 is 0 Å². The van der Waals surface area contributed by atoms with Crippen LogP contribution in [0.15, 0.2) is 0 Å². The van der Waals surface area contributed by atoms with Crippen molar-refractivity contribution in [1.29, 1.82) is 0 Å². The Kier molecular flexibility index (Phi) is 1.10. The summed E-state index contributed by atoms with van der Waals surface area (Å²) in [6.45, 7) is 5.64. The van der Waals surface area contributed by atoms with Crippen LogP contribution in [0.5, 0.6) is 0 Å². The minimum atomic E-state index is -0.336. The van der Waals surface area contributed by atoms with Crippen molar-refractivity contribution in [3.8, 4) is 0 Å². The molecular weight excluding hydrogens is 104 g/mol. The first-order valence-corrected chi connectivity index (χ1v) is 2.93. The molecule has 0 aromatic heterocycles. The van der Waals surface area contributed by atoms with Gasteiger partial charge in [-0.3, -0.25) is 0 Å². The van der Waals surface area contributed by atoms with Gasteiger partial charge in [0.2, 0.25) is 0 Å². The third-order valence-corrected chi connectivity index (χ3v) is 2.01.